The first-order valence-electron chi connectivity index (χ1n) is 22.3. The van der Waals surface area contributed by atoms with Crippen molar-refractivity contribution in [1.29, 1.82) is 0 Å². The van der Waals surface area contributed by atoms with Gasteiger partial charge in [0.25, 0.3) is 0 Å². The SMILES string of the molecule is COCOc1cc(-c2ncc3c(N4CC5CCC(C4)N5C(=O)OC(C)(C)C)nc(OCC4(C(C)OS(=O)(=O)O)CC4)nc3c2F)c2c(C#C[Si](C(C)C)(C(C)C)C(C)C)c(F)ccc2c1. The maximum Gasteiger partial charge on any atom is 0.410 e. The summed E-state index contributed by atoms with van der Waals surface area (Å²) < 4.78 is 94.8. The second-order valence-corrected chi connectivity index (χ2v) is 26.3. The number of piperazine rings is 1. The molecular weight excluding hydrogens is 877 g/mol. The third-order valence-electron chi connectivity index (χ3n) is 13.4. The van der Waals surface area contributed by atoms with Crippen molar-refractivity contribution >= 4 is 52.1 Å². The maximum absolute atomic E-state index is 17.8. The molecule has 3 fully saturated rings. The van der Waals surface area contributed by atoms with Crippen molar-refractivity contribution in [3.8, 4) is 34.5 Å². The number of anilines is 1. The summed E-state index contributed by atoms with van der Waals surface area (Å²) in [5.41, 5.74) is 3.07. The van der Waals surface area contributed by atoms with Crippen molar-refractivity contribution in [2.45, 2.75) is 135 Å². The Morgan fingerprint density at radius 3 is 2.20 bits per heavy atom. The average molecular weight is 938 g/mol. The molecule has 0 radical (unpaired) electrons. The molecule has 14 nitrogen and oxygen atoms in total. The first-order chi connectivity index (χ1) is 30.5. The van der Waals surface area contributed by atoms with E-state index in [-0.39, 0.29) is 75.8 Å². The number of ether oxygens (including phenoxy) is 4. The number of pyridine rings is 1. The lowest BCUT2D eigenvalue weighted by Gasteiger charge is -2.42. The molecule has 7 rings (SSSR count). The number of hydrogen-bond donors (Lipinski definition) is 1. The fraction of sp³-hybridized carbons (Fsp3) is 0.574. The Morgan fingerprint density at radius 1 is 0.985 bits per heavy atom. The van der Waals surface area contributed by atoms with Crippen LogP contribution >= 0.6 is 0 Å². The van der Waals surface area contributed by atoms with Gasteiger partial charge >= 0.3 is 22.5 Å². The van der Waals surface area contributed by atoms with E-state index >= 15 is 8.78 Å². The fourth-order valence-electron chi connectivity index (χ4n) is 10.1. The number of methoxy groups -OCH3 is 1. The van der Waals surface area contributed by atoms with Gasteiger partial charge in [-0.15, -0.1) is 5.54 Å². The summed E-state index contributed by atoms with van der Waals surface area (Å²) in [4.78, 5) is 31.3. The number of carbonyl (C=O) groups is 1. The number of amides is 1. The Morgan fingerprint density at radius 2 is 1.63 bits per heavy atom. The summed E-state index contributed by atoms with van der Waals surface area (Å²) in [5.74, 6) is 2.57. The lowest BCUT2D eigenvalue weighted by Crippen LogP contribution is -2.57. The van der Waals surface area contributed by atoms with Gasteiger partial charge in [-0.3, -0.25) is 14.4 Å². The second kappa shape index (κ2) is 18.2. The summed E-state index contributed by atoms with van der Waals surface area (Å²) in [7, 11) is -5.62. The molecule has 1 amide bonds. The van der Waals surface area contributed by atoms with E-state index in [2.05, 4.69) is 58.0 Å². The number of benzene rings is 2. The molecule has 2 aromatic heterocycles. The van der Waals surface area contributed by atoms with E-state index in [0.29, 0.717) is 48.3 Å². The molecule has 1 aliphatic carbocycles. The summed E-state index contributed by atoms with van der Waals surface area (Å²) in [6, 6.07) is 5.67. The highest BCUT2D eigenvalue weighted by molar-refractivity contribution is 7.80. The quantitative estimate of drug-likeness (QED) is 0.0551. The highest BCUT2D eigenvalue weighted by Crippen LogP contribution is 2.51. The predicted molar refractivity (Wildman–Crippen MR) is 247 cm³/mol. The highest BCUT2D eigenvalue weighted by Gasteiger charge is 2.51. The van der Waals surface area contributed by atoms with Crippen LogP contribution in [0.5, 0.6) is 11.8 Å². The van der Waals surface area contributed by atoms with E-state index < -0.39 is 53.3 Å². The molecule has 4 heterocycles. The molecular formula is C47H61F2N5O9SSi. The third kappa shape index (κ3) is 9.76. The van der Waals surface area contributed by atoms with Gasteiger partial charge in [0, 0.05) is 42.8 Å². The van der Waals surface area contributed by atoms with Crippen LogP contribution in [0.25, 0.3) is 32.9 Å². The molecule has 3 atom stereocenters. The molecule has 0 spiro atoms. The Labute approximate surface area is 381 Å². The monoisotopic (exact) mass is 937 g/mol. The van der Waals surface area contributed by atoms with Gasteiger partial charge in [-0.2, -0.15) is 18.4 Å². The van der Waals surface area contributed by atoms with Crippen LogP contribution in [-0.2, 0) is 24.1 Å². The Balaban J connectivity index is 1.40. The molecule has 2 saturated heterocycles. The van der Waals surface area contributed by atoms with Gasteiger partial charge in [-0.05, 0) is 93.6 Å². The number of hydrogen-bond acceptors (Lipinski definition) is 12. The zero-order valence-electron chi connectivity index (χ0n) is 39.1. The van der Waals surface area contributed by atoms with Gasteiger partial charge < -0.3 is 23.8 Å². The minimum absolute atomic E-state index is 0.0926. The third-order valence-corrected chi connectivity index (χ3v) is 20.3. The predicted octanol–water partition coefficient (Wildman–Crippen LogP) is 9.63. The molecule has 1 N–H and O–H groups in total. The van der Waals surface area contributed by atoms with Gasteiger partial charge in [0.15, 0.2) is 12.6 Å². The maximum atomic E-state index is 17.8. The number of nitrogens with zero attached hydrogens (tertiary/aromatic N) is 5. The molecule has 3 unspecified atom stereocenters. The van der Waals surface area contributed by atoms with E-state index in [0.717, 1.165) is 12.8 Å². The number of halogens is 2. The van der Waals surface area contributed by atoms with E-state index in [4.69, 9.17) is 33.1 Å². The standard InChI is InChI=1S/C47H61F2N5O9SSi/c1-27(2)65(28(3)4,29(5)6)19-16-35-38(48)15-12-31-20-34(61-26-59-11)21-36(39(31)35)41-40(49)42-37(22-50-41)43(52-44(51-42)60-25-47(17-18-47)30(7)63-64(56,57)58)53-23-32-13-14-33(24-53)54(32)45(55)62-46(8,9)10/h12,15,20-22,27-30,32-33H,13-14,17-18,23-26H2,1-11H3,(H,56,57,58). The molecule has 4 aromatic rings. The highest BCUT2D eigenvalue weighted by atomic mass is 32.3. The van der Waals surface area contributed by atoms with Crippen LogP contribution in [0.1, 0.15) is 100 Å². The van der Waals surface area contributed by atoms with Gasteiger partial charge in [0.2, 0.25) is 0 Å². The Kier molecular flexibility index (Phi) is 13.5. The molecule has 2 aromatic carbocycles. The molecule has 3 aliphatic rings. The van der Waals surface area contributed by atoms with Gasteiger partial charge in [-0.1, -0.05) is 53.5 Å². The van der Waals surface area contributed by atoms with E-state index in [1.807, 2.05) is 25.7 Å². The average Bonchev–Trinajstić information content (AvgIpc) is 3.96. The van der Waals surface area contributed by atoms with Crippen LogP contribution < -0.4 is 14.4 Å². The van der Waals surface area contributed by atoms with Crippen molar-refractivity contribution in [2.24, 2.45) is 5.41 Å². The van der Waals surface area contributed by atoms with Gasteiger partial charge in [0.1, 0.15) is 42.3 Å². The topological polar surface area (TPSA) is 163 Å². The van der Waals surface area contributed by atoms with E-state index in [1.165, 1.54) is 26.3 Å². The van der Waals surface area contributed by atoms with Crippen LogP contribution in [0, 0.1) is 28.5 Å². The van der Waals surface area contributed by atoms with Crippen molar-refractivity contribution in [3.63, 3.8) is 0 Å². The minimum atomic E-state index is -4.75. The first kappa shape index (κ1) is 48.3. The first-order valence-corrected chi connectivity index (χ1v) is 25.9. The summed E-state index contributed by atoms with van der Waals surface area (Å²) >= 11 is 0. The Bertz CT molecular complexity index is 2610. The van der Waals surface area contributed by atoms with Crippen LogP contribution in [0.15, 0.2) is 30.5 Å². The minimum Gasteiger partial charge on any atom is -0.468 e. The molecule has 18 heteroatoms. The number of aromatic nitrogens is 3. The number of rotatable bonds is 14. The van der Waals surface area contributed by atoms with Crippen molar-refractivity contribution < 1.29 is 49.7 Å². The number of fused-ring (bicyclic) bond motifs is 4. The van der Waals surface area contributed by atoms with Gasteiger partial charge in [0.05, 0.1) is 35.7 Å². The zero-order valence-corrected chi connectivity index (χ0v) is 40.9. The van der Waals surface area contributed by atoms with Crippen LogP contribution in [0.3, 0.4) is 0 Å². The van der Waals surface area contributed by atoms with Crippen LogP contribution in [-0.4, -0.2) is 104 Å². The van der Waals surface area contributed by atoms with Crippen molar-refractivity contribution in [1.82, 2.24) is 19.9 Å². The zero-order chi connectivity index (χ0) is 47.4. The second-order valence-electron chi connectivity index (χ2n) is 19.7. The number of carbonyl (C=O) groups excluding carboxylic acids is 1. The molecule has 2 aliphatic heterocycles. The summed E-state index contributed by atoms with van der Waals surface area (Å²) in [6.07, 6.45) is 2.68. The van der Waals surface area contributed by atoms with E-state index in [9.17, 15) is 17.8 Å². The molecule has 65 heavy (non-hydrogen) atoms. The normalized spacial score (nSPS) is 19.0. The molecule has 1 saturated carbocycles. The lowest BCUT2D eigenvalue weighted by atomic mass is 9.95. The van der Waals surface area contributed by atoms with Crippen LogP contribution in [0.4, 0.5) is 19.4 Å². The molecule has 2 bridgehead atoms. The lowest BCUT2D eigenvalue weighted by molar-refractivity contribution is 0.0122. The molecule has 352 valence electrons. The van der Waals surface area contributed by atoms with Gasteiger partial charge in [-0.25, -0.2) is 17.8 Å². The summed E-state index contributed by atoms with van der Waals surface area (Å²) in [5, 5.41) is 1.18. The largest absolute Gasteiger partial charge is 0.468 e. The Hall–Kier alpha value is -4.67. The fourth-order valence-corrected chi connectivity index (χ4v) is 15.8. The smallest absolute Gasteiger partial charge is 0.410 e. The van der Waals surface area contributed by atoms with E-state index in [1.54, 1.807) is 23.1 Å². The van der Waals surface area contributed by atoms with Crippen molar-refractivity contribution in [3.05, 3.63) is 47.7 Å². The van der Waals surface area contributed by atoms with Crippen molar-refractivity contribution in [2.75, 3.05) is 38.5 Å². The summed E-state index contributed by atoms with van der Waals surface area (Å²) in [6.45, 7) is 20.6. The van der Waals surface area contributed by atoms with Crippen LogP contribution in [0.2, 0.25) is 16.6 Å².